The number of nitro groups is 1. The number of nitrogens with one attached hydrogen (secondary N) is 1. The van der Waals surface area contributed by atoms with Crippen LogP contribution in [-0.2, 0) is 13.0 Å². The highest BCUT2D eigenvalue weighted by Crippen LogP contribution is 2.21. The van der Waals surface area contributed by atoms with Crippen LogP contribution in [0.5, 0.6) is 0 Å². The molecule has 0 saturated heterocycles. The van der Waals surface area contributed by atoms with E-state index in [-0.39, 0.29) is 18.0 Å². The summed E-state index contributed by atoms with van der Waals surface area (Å²) in [4.78, 5) is 49.2. The summed E-state index contributed by atoms with van der Waals surface area (Å²) in [6.45, 7) is 4.61. The van der Waals surface area contributed by atoms with Crippen molar-refractivity contribution in [1.29, 1.82) is 0 Å². The summed E-state index contributed by atoms with van der Waals surface area (Å²) >= 11 is 0. The smallest absolute Gasteiger partial charge is 0.334 e. The molecule has 0 unspecified atom stereocenters. The van der Waals surface area contributed by atoms with E-state index in [1.165, 1.54) is 19.2 Å². The molecule has 1 N–H and O–H groups in total. The zero-order valence-corrected chi connectivity index (χ0v) is 13.6. The van der Waals surface area contributed by atoms with Gasteiger partial charge >= 0.3 is 11.2 Å². The summed E-state index contributed by atoms with van der Waals surface area (Å²) < 4.78 is 0.990. The van der Waals surface area contributed by atoms with Gasteiger partial charge < -0.3 is 9.55 Å². The first-order valence-electron chi connectivity index (χ1n) is 7.37. The van der Waals surface area contributed by atoms with Crippen LogP contribution in [0.25, 0.3) is 0 Å². The van der Waals surface area contributed by atoms with Gasteiger partial charge in [0.1, 0.15) is 0 Å². The Labute approximate surface area is 137 Å². The van der Waals surface area contributed by atoms with E-state index in [4.69, 9.17) is 0 Å². The molecule has 8 heteroatoms. The average molecular weight is 331 g/mol. The summed E-state index contributed by atoms with van der Waals surface area (Å²) in [5.74, 6) is -0.558. The van der Waals surface area contributed by atoms with Gasteiger partial charge in [0.25, 0.3) is 0 Å². The molecule has 0 aliphatic heterocycles. The molecule has 126 valence electrons. The second-order valence-electron chi connectivity index (χ2n) is 5.40. The number of aromatic amines is 1. The van der Waals surface area contributed by atoms with E-state index in [1.807, 2.05) is 6.92 Å². The quantitative estimate of drug-likeness (QED) is 0.494. The van der Waals surface area contributed by atoms with E-state index in [0.29, 0.717) is 23.2 Å². The van der Waals surface area contributed by atoms with Crippen molar-refractivity contribution in [3.63, 3.8) is 0 Å². The molecule has 2 aromatic rings. The van der Waals surface area contributed by atoms with Crippen molar-refractivity contribution in [1.82, 2.24) is 9.55 Å². The van der Waals surface area contributed by atoms with Crippen LogP contribution < -0.4 is 5.56 Å². The van der Waals surface area contributed by atoms with Crippen LogP contribution in [-0.4, -0.2) is 26.0 Å². The minimum Gasteiger partial charge on any atom is -0.355 e. The van der Waals surface area contributed by atoms with Gasteiger partial charge in [0.05, 0.1) is 17.2 Å². The normalized spacial score (nSPS) is 10.6. The number of hydrogen-bond acceptors (Lipinski definition) is 5. The number of aryl methyl sites for hydroxylation is 1. The molecule has 0 aliphatic carbocycles. The lowest BCUT2D eigenvalue weighted by atomic mass is 10.0. The van der Waals surface area contributed by atoms with Gasteiger partial charge in [-0.25, -0.2) is 0 Å². The van der Waals surface area contributed by atoms with Gasteiger partial charge in [-0.1, -0.05) is 6.92 Å². The largest absolute Gasteiger partial charge is 0.355 e. The highest BCUT2D eigenvalue weighted by molar-refractivity contribution is 6.03. The highest BCUT2D eigenvalue weighted by atomic mass is 16.6. The van der Waals surface area contributed by atoms with E-state index < -0.39 is 22.0 Å². The number of Topliss-reactive ketones (excluding diaryl/α,β-unsaturated/α-hetero) is 2. The van der Waals surface area contributed by atoms with Crippen LogP contribution in [0, 0.1) is 17.0 Å². The van der Waals surface area contributed by atoms with Crippen molar-refractivity contribution >= 4 is 17.3 Å². The Balaban J connectivity index is 2.44. The summed E-state index contributed by atoms with van der Waals surface area (Å²) in [6.07, 6.45) is 1.80. The maximum atomic E-state index is 12.5. The Morgan fingerprint density at radius 3 is 2.58 bits per heavy atom. The summed E-state index contributed by atoms with van der Waals surface area (Å²) in [7, 11) is 0. The summed E-state index contributed by atoms with van der Waals surface area (Å²) in [5.41, 5.74) is 0.500. The number of carbonyl (C=O) groups is 2. The minimum atomic E-state index is -0.844. The molecule has 0 aliphatic rings. The molecule has 0 bridgehead atoms. The van der Waals surface area contributed by atoms with E-state index >= 15 is 0 Å². The fourth-order valence-corrected chi connectivity index (χ4v) is 2.77. The first-order valence-corrected chi connectivity index (χ1v) is 7.37. The molecule has 0 spiro atoms. The Hall–Kier alpha value is -3.03. The van der Waals surface area contributed by atoms with Gasteiger partial charge in [0.2, 0.25) is 0 Å². The van der Waals surface area contributed by atoms with Crippen LogP contribution in [0.2, 0.25) is 0 Å². The number of rotatable bonds is 6. The second-order valence-corrected chi connectivity index (χ2v) is 5.40. The fraction of sp³-hybridized carbons (Fsp3) is 0.312. The number of ketones is 2. The van der Waals surface area contributed by atoms with Gasteiger partial charge in [-0.2, -0.15) is 0 Å². The van der Waals surface area contributed by atoms with Crippen LogP contribution >= 0.6 is 0 Å². The van der Waals surface area contributed by atoms with Crippen molar-refractivity contribution in [3.05, 3.63) is 61.3 Å². The molecule has 0 aromatic carbocycles. The van der Waals surface area contributed by atoms with Gasteiger partial charge in [-0.15, -0.1) is 0 Å². The molecule has 0 saturated carbocycles. The second kappa shape index (κ2) is 6.61. The third kappa shape index (κ3) is 3.03. The number of nitrogens with zero attached hydrogens (tertiary/aromatic N) is 2. The number of hydrogen-bond donors (Lipinski definition) is 1. The molecule has 0 fully saturated rings. The summed E-state index contributed by atoms with van der Waals surface area (Å²) in [5, 5.41) is 10.8. The van der Waals surface area contributed by atoms with Crippen molar-refractivity contribution in [2.24, 2.45) is 0 Å². The SMILES string of the molecule is CCc1c(C(=O)Cn2cccc([N+](=O)[O-])c2=O)[nH]c(C)c1C(C)=O. The summed E-state index contributed by atoms with van der Waals surface area (Å²) in [6, 6.07) is 2.43. The van der Waals surface area contributed by atoms with Crippen LogP contribution in [0.3, 0.4) is 0 Å². The zero-order chi connectivity index (χ0) is 18.0. The Morgan fingerprint density at radius 1 is 1.38 bits per heavy atom. The van der Waals surface area contributed by atoms with Crippen LogP contribution in [0.4, 0.5) is 5.69 Å². The van der Waals surface area contributed by atoms with Gasteiger partial charge in [-0.3, -0.25) is 24.5 Å². The zero-order valence-electron chi connectivity index (χ0n) is 13.6. The highest BCUT2D eigenvalue weighted by Gasteiger charge is 2.23. The van der Waals surface area contributed by atoms with Gasteiger partial charge in [-0.05, 0) is 31.9 Å². The molecule has 8 nitrogen and oxygen atoms in total. The first-order chi connectivity index (χ1) is 11.3. The number of pyridine rings is 1. The van der Waals surface area contributed by atoms with Crippen molar-refractivity contribution in [2.75, 3.05) is 0 Å². The molecular weight excluding hydrogens is 314 g/mol. The lowest BCUT2D eigenvalue weighted by Crippen LogP contribution is -2.26. The molecule has 2 aromatic heterocycles. The number of carbonyl (C=O) groups excluding carboxylic acids is 2. The molecule has 24 heavy (non-hydrogen) atoms. The molecule has 0 atom stereocenters. The molecule has 2 heterocycles. The van der Waals surface area contributed by atoms with Crippen LogP contribution in [0.15, 0.2) is 23.1 Å². The number of H-pyrrole nitrogens is 1. The van der Waals surface area contributed by atoms with E-state index in [1.54, 1.807) is 6.92 Å². The maximum Gasteiger partial charge on any atom is 0.334 e. The molecule has 2 rings (SSSR count). The predicted molar refractivity (Wildman–Crippen MR) is 86.6 cm³/mol. The first kappa shape index (κ1) is 17.3. The van der Waals surface area contributed by atoms with Crippen molar-refractivity contribution in [2.45, 2.75) is 33.7 Å². The average Bonchev–Trinajstić information content (AvgIpc) is 2.85. The topological polar surface area (TPSA) is 115 Å². The third-order valence-electron chi connectivity index (χ3n) is 3.79. The Bertz CT molecular complexity index is 892. The van der Waals surface area contributed by atoms with Gasteiger partial charge in [0, 0.05) is 23.5 Å². The Kier molecular flexibility index (Phi) is 4.77. The third-order valence-corrected chi connectivity index (χ3v) is 3.79. The maximum absolute atomic E-state index is 12.5. The van der Waals surface area contributed by atoms with Gasteiger partial charge in [0.15, 0.2) is 11.6 Å². The fourth-order valence-electron chi connectivity index (χ4n) is 2.77. The Morgan fingerprint density at radius 2 is 2.04 bits per heavy atom. The van der Waals surface area contributed by atoms with E-state index in [0.717, 1.165) is 10.6 Å². The number of aromatic nitrogens is 2. The molecular formula is C16H17N3O5. The van der Waals surface area contributed by atoms with Crippen molar-refractivity contribution < 1.29 is 14.5 Å². The minimum absolute atomic E-state index is 0.146. The monoisotopic (exact) mass is 331 g/mol. The lowest BCUT2D eigenvalue weighted by molar-refractivity contribution is -0.386. The van der Waals surface area contributed by atoms with Crippen LogP contribution in [0.1, 0.15) is 46.0 Å². The molecule has 0 radical (unpaired) electrons. The standard InChI is InChI=1S/C16H17N3O5/c1-4-11-14(10(3)20)9(2)17-15(11)13(21)8-18-7-5-6-12(16(18)22)19(23)24/h5-7,17H,4,8H2,1-3H3. The lowest BCUT2D eigenvalue weighted by Gasteiger charge is -2.06. The van der Waals surface area contributed by atoms with Crippen molar-refractivity contribution in [3.8, 4) is 0 Å². The van der Waals surface area contributed by atoms with E-state index in [9.17, 15) is 24.5 Å². The predicted octanol–water partition coefficient (Wildman–Crippen LogP) is 2.04. The van der Waals surface area contributed by atoms with E-state index in [2.05, 4.69) is 4.98 Å². The molecule has 0 amide bonds.